The third kappa shape index (κ3) is 4.29. The lowest BCUT2D eigenvalue weighted by atomic mass is 10.1. The number of pyridine rings is 1. The smallest absolute Gasteiger partial charge is 0.289 e. The third-order valence-corrected chi connectivity index (χ3v) is 7.09. The molecule has 0 atom stereocenters. The molecule has 0 saturated heterocycles. The van der Waals surface area contributed by atoms with Crippen LogP contribution in [0.5, 0.6) is 0 Å². The van der Waals surface area contributed by atoms with Gasteiger partial charge in [-0.1, -0.05) is 24.3 Å². The van der Waals surface area contributed by atoms with Gasteiger partial charge in [-0.25, -0.2) is 8.42 Å². The molecule has 2 aromatic heterocycles. The van der Waals surface area contributed by atoms with Gasteiger partial charge in [0.25, 0.3) is 10.0 Å². The summed E-state index contributed by atoms with van der Waals surface area (Å²) in [5.41, 5.74) is 0.137. The Balaban J connectivity index is 1.63. The molecule has 0 radical (unpaired) electrons. The minimum absolute atomic E-state index is 0.0488. The predicted octanol–water partition coefficient (Wildman–Crippen LogP) is 4.97. The summed E-state index contributed by atoms with van der Waals surface area (Å²) in [4.78, 5) is 16.9. The fourth-order valence-corrected chi connectivity index (χ4v) is 5.22. The van der Waals surface area contributed by atoms with Crippen LogP contribution in [0.4, 0.5) is 18.9 Å². The Labute approximate surface area is 202 Å². The first kappa shape index (κ1) is 23.5. The number of nitrogens with one attached hydrogen (secondary N) is 1. The Hall–Kier alpha value is -4.25. The van der Waals surface area contributed by atoms with Crippen molar-refractivity contribution >= 4 is 37.4 Å². The van der Waals surface area contributed by atoms with Crippen LogP contribution in [0.25, 0.3) is 32.8 Å². The minimum Gasteiger partial charge on any atom is -0.289 e. The monoisotopic (exact) mass is 510 g/mol. The maximum atomic E-state index is 13.5. The number of hydrogen-bond acceptors (Lipinski definition) is 5. The molecule has 3 aromatic carbocycles. The highest BCUT2D eigenvalue weighted by Gasteiger charge is 2.36. The number of halogens is 3. The SMILES string of the molecule is Cn1cc(-c2cnc3ccc4ccc(NS(=O)(=O)c5ccccc5C(F)(F)F)cc4c(=O)c3c2)cn1. The molecule has 5 rings (SSSR count). The summed E-state index contributed by atoms with van der Waals surface area (Å²) in [7, 11) is -2.84. The molecular formula is C25H17F3N4O3S. The van der Waals surface area contributed by atoms with E-state index in [0.29, 0.717) is 27.9 Å². The molecular weight excluding hydrogens is 493 g/mol. The topological polar surface area (TPSA) is 94.0 Å². The predicted molar refractivity (Wildman–Crippen MR) is 130 cm³/mol. The number of benzene rings is 2. The van der Waals surface area contributed by atoms with Crippen LogP contribution in [0.1, 0.15) is 5.56 Å². The number of alkyl halides is 3. The van der Waals surface area contributed by atoms with Gasteiger partial charge in [0.1, 0.15) is 0 Å². The molecule has 5 aromatic rings. The Bertz CT molecular complexity index is 1820. The number of aryl methyl sites for hydroxylation is 1. The molecule has 1 N–H and O–H groups in total. The highest BCUT2D eigenvalue weighted by atomic mass is 32.2. The van der Waals surface area contributed by atoms with Gasteiger partial charge in [-0.3, -0.25) is 19.2 Å². The first-order chi connectivity index (χ1) is 17.0. The van der Waals surface area contributed by atoms with Crippen molar-refractivity contribution in [2.75, 3.05) is 4.72 Å². The summed E-state index contributed by atoms with van der Waals surface area (Å²) in [6.07, 6.45) is 0.184. The van der Waals surface area contributed by atoms with Crippen molar-refractivity contribution in [3.63, 3.8) is 0 Å². The van der Waals surface area contributed by atoms with Crippen LogP contribution in [0.2, 0.25) is 0 Å². The van der Waals surface area contributed by atoms with E-state index < -0.39 is 32.1 Å². The van der Waals surface area contributed by atoms with E-state index in [-0.39, 0.29) is 11.1 Å². The Morgan fingerprint density at radius 1 is 0.917 bits per heavy atom. The molecule has 0 unspecified atom stereocenters. The van der Waals surface area contributed by atoms with Gasteiger partial charge in [0.2, 0.25) is 0 Å². The van der Waals surface area contributed by atoms with Crippen LogP contribution in [0.3, 0.4) is 0 Å². The molecule has 0 saturated carbocycles. The molecule has 11 heteroatoms. The van der Waals surface area contributed by atoms with Crippen molar-refractivity contribution < 1.29 is 21.6 Å². The lowest BCUT2D eigenvalue weighted by Crippen LogP contribution is -2.19. The first-order valence-electron chi connectivity index (χ1n) is 10.6. The second-order valence-electron chi connectivity index (χ2n) is 8.12. The van der Waals surface area contributed by atoms with E-state index >= 15 is 0 Å². The zero-order chi connectivity index (χ0) is 25.7. The summed E-state index contributed by atoms with van der Waals surface area (Å²) in [5, 5.41) is 5.12. The Morgan fingerprint density at radius 3 is 2.39 bits per heavy atom. The number of hydrogen-bond donors (Lipinski definition) is 1. The number of anilines is 1. The number of nitrogens with zero attached hydrogens (tertiary/aromatic N) is 3. The van der Waals surface area contributed by atoms with Crippen molar-refractivity contribution in [3.8, 4) is 11.1 Å². The van der Waals surface area contributed by atoms with Crippen molar-refractivity contribution in [1.82, 2.24) is 14.8 Å². The van der Waals surface area contributed by atoms with Gasteiger partial charge in [-0.05, 0) is 41.8 Å². The molecule has 0 fully saturated rings. The van der Waals surface area contributed by atoms with Gasteiger partial charge in [0.15, 0.2) is 5.43 Å². The van der Waals surface area contributed by atoms with E-state index in [0.717, 1.165) is 17.7 Å². The number of aromatic nitrogens is 3. The quantitative estimate of drug-likeness (QED) is 0.369. The third-order valence-electron chi connectivity index (χ3n) is 5.65. The number of fused-ring (bicyclic) bond motifs is 2. The van der Waals surface area contributed by atoms with E-state index in [1.165, 1.54) is 24.3 Å². The maximum Gasteiger partial charge on any atom is 0.417 e. The van der Waals surface area contributed by atoms with E-state index in [1.54, 1.807) is 48.5 Å². The first-order valence-corrected chi connectivity index (χ1v) is 12.1. The summed E-state index contributed by atoms with van der Waals surface area (Å²) in [6, 6.07) is 13.1. The Kier molecular flexibility index (Phi) is 5.51. The maximum absolute atomic E-state index is 13.5. The average molecular weight is 510 g/mol. The molecule has 0 aliphatic carbocycles. The van der Waals surface area contributed by atoms with Gasteiger partial charge in [-0.15, -0.1) is 0 Å². The highest BCUT2D eigenvalue weighted by Crippen LogP contribution is 2.34. The molecule has 36 heavy (non-hydrogen) atoms. The van der Waals surface area contributed by atoms with Gasteiger partial charge in [0, 0.05) is 47.0 Å². The van der Waals surface area contributed by atoms with E-state index in [9.17, 15) is 26.4 Å². The zero-order valence-electron chi connectivity index (χ0n) is 18.6. The van der Waals surface area contributed by atoms with E-state index in [2.05, 4.69) is 14.8 Å². The average Bonchev–Trinajstić information content (AvgIpc) is 3.22. The summed E-state index contributed by atoms with van der Waals surface area (Å²) in [5.74, 6) is 0. The van der Waals surface area contributed by atoms with Crippen molar-refractivity contribution in [3.05, 3.63) is 95.0 Å². The van der Waals surface area contributed by atoms with Gasteiger partial charge >= 0.3 is 6.18 Å². The fourth-order valence-electron chi connectivity index (χ4n) is 3.94. The standard InChI is InChI=1S/C25H17F3N4O3S/c1-32-14-17(13-30-32)16-10-20-22(29-12-16)9-7-15-6-8-18(11-19(15)24(20)33)31-36(34,35)23-5-3-2-4-21(23)25(26,27)28/h2-14,31H,1H3. The summed E-state index contributed by atoms with van der Waals surface area (Å²) in [6.45, 7) is 0. The Morgan fingerprint density at radius 2 is 1.67 bits per heavy atom. The van der Waals surface area contributed by atoms with Crippen molar-refractivity contribution in [2.24, 2.45) is 7.05 Å². The second-order valence-corrected chi connectivity index (χ2v) is 9.77. The molecule has 0 amide bonds. The molecule has 7 nitrogen and oxygen atoms in total. The molecule has 0 aliphatic heterocycles. The lowest BCUT2D eigenvalue weighted by Gasteiger charge is -2.14. The normalized spacial score (nSPS) is 12.2. The van der Waals surface area contributed by atoms with E-state index in [1.807, 2.05) is 0 Å². The molecule has 0 aliphatic rings. The summed E-state index contributed by atoms with van der Waals surface area (Å²) < 4.78 is 69.7. The van der Waals surface area contributed by atoms with Crippen LogP contribution in [0, 0.1) is 0 Å². The molecule has 0 bridgehead atoms. The van der Waals surface area contributed by atoms with Crippen molar-refractivity contribution in [2.45, 2.75) is 11.1 Å². The van der Waals surface area contributed by atoms with Crippen LogP contribution in [-0.4, -0.2) is 23.2 Å². The number of rotatable bonds is 4. The van der Waals surface area contributed by atoms with E-state index in [4.69, 9.17) is 0 Å². The summed E-state index contributed by atoms with van der Waals surface area (Å²) >= 11 is 0. The molecule has 0 spiro atoms. The van der Waals surface area contributed by atoms with Gasteiger partial charge < -0.3 is 0 Å². The minimum atomic E-state index is -4.86. The fraction of sp³-hybridized carbons (Fsp3) is 0.0800. The van der Waals surface area contributed by atoms with Gasteiger partial charge in [-0.2, -0.15) is 18.3 Å². The molecule has 182 valence electrons. The van der Waals surface area contributed by atoms with Crippen molar-refractivity contribution in [1.29, 1.82) is 0 Å². The lowest BCUT2D eigenvalue weighted by molar-refractivity contribution is -0.139. The largest absolute Gasteiger partial charge is 0.417 e. The number of sulfonamides is 1. The van der Waals surface area contributed by atoms with Crippen LogP contribution in [0.15, 0.2) is 88.9 Å². The van der Waals surface area contributed by atoms with Crippen LogP contribution < -0.4 is 10.2 Å². The van der Waals surface area contributed by atoms with Crippen LogP contribution >= 0.6 is 0 Å². The highest BCUT2D eigenvalue weighted by molar-refractivity contribution is 7.92. The molecule has 2 heterocycles. The van der Waals surface area contributed by atoms with Crippen LogP contribution in [-0.2, 0) is 23.2 Å². The zero-order valence-corrected chi connectivity index (χ0v) is 19.4. The second kappa shape index (κ2) is 8.45. The van der Waals surface area contributed by atoms with Gasteiger partial charge in [0.05, 0.1) is 22.2 Å².